The summed E-state index contributed by atoms with van der Waals surface area (Å²) in [6.45, 7) is 5.69. The number of aliphatic hydroxyl groups excluding tert-OH is 2. The van der Waals surface area contributed by atoms with Crippen LogP contribution in [-0.2, 0) is 0 Å². The molecular weight excluding hydrogens is 394 g/mol. The second-order valence-corrected chi connectivity index (χ2v) is 7.82. The van der Waals surface area contributed by atoms with Crippen LogP contribution < -0.4 is 10.6 Å². The first-order chi connectivity index (χ1) is 14.9. The van der Waals surface area contributed by atoms with Crippen LogP contribution in [0.3, 0.4) is 0 Å². The Morgan fingerprint density at radius 1 is 1.16 bits per heavy atom. The number of hydrogen-bond acceptors (Lipinski definition) is 6. The van der Waals surface area contributed by atoms with Crippen LogP contribution in [0, 0.1) is 12.8 Å². The highest BCUT2D eigenvalue weighted by Gasteiger charge is 2.18. The van der Waals surface area contributed by atoms with Crippen molar-refractivity contribution in [2.75, 3.05) is 18.5 Å². The summed E-state index contributed by atoms with van der Waals surface area (Å²) in [5.41, 5.74) is 3.50. The van der Waals surface area contributed by atoms with E-state index in [0.717, 1.165) is 16.7 Å². The Kier molecular flexibility index (Phi) is 7.38. The molecule has 5 N–H and O–H groups in total. The van der Waals surface area contributed by atoms with Gasteiger partial charge in [0.2, 0.25) is 5.95 Å². The number of aryl methyl sites for hydroxylation is 1. The average molecular weight is 424 g/mol. The lowest BCUT2D eigenvalue weighted by atomic mass is 10.1. The molecule has 0 saturated heterocycles. The Morgan fingerprint density at radius 2 is 1.90 bits per heavy atom. The van der Waals surface area contributed by atoms with E-state index in [1.807, 2.05) is 51.1 Å². The molecule has 2 aromatic heterocycles. The van der Waals surface area contributed by atoms with Crippen molar-refractivity contribution in [3.8, 4) is 11.3 Å². The van der Waals surface area contributed by atoms with Gasteiger partial charge in [-0.15, -0.1) is 0 Å². The molecule has 0 aliphatic carbocycles. The number of rotatable bonds is 9. The maximum absolute atomic E-state index is 12.7. The van der Waals surface area contributed by atoms with E-state index >= 15 is 0 Å². The van der Waals surface area contributed by atoms with Crippen LogP contribution in [0.2, 0.25) is 0 Å². The first-order valence-electron chi connectivity index (χ1n) is 10.3. The number of aromatic amines is 1. The van der Waals surface area contributed by atoms with Crippen molar-refractivity contribution in [1.82, 2.24) is 20.3 Å². The number of hydrogen-bond donors (Lipinski definition) is 5. The third-order valence-electron chi connectivity index (χ3n) is 5.18. The van der Waals surface area contributed by atoms with Gasteiger partial charge in [0.1, 0.15) is 5.69 Å². The lowest BCUT2D eigenvalue weighted by molar-refractivity contribution is 0.0911. The van der Waals surface area contributed by atoms with Crippen LogP contribution >= 0.6 is 0 Å². The van der Waals surface area contributed by atoms with Gasteiger partial charge in [-0.05, 0) is 30.0 Å². The van der Waals surface area contributed by atoms with Gasteiger partial charge >= 0.3 is 0 Å². The van der Waals surface area contributed by atoms with Gasteiger partial charge in [-0.3, -0.25) is 4.79 Å². The second kappa shape index (κ2) is 10.2. The standard InChI is InChI=1S/C23H29N5O3/c1-14(2)19(12-29)27-23-25-10-15(3)21(28-23)17-9-18(24-11-17)22(31)26-20(13-30)16-7-5-4-6-8-16/h4-11,14,19-20,24,29-30H,12-13H2,1-3H3,(H,26,31)(H,25,27,28). The summed E-state index contributed by atoms with van der Waals surface area (Å²) < 4.78 is 0. The van der Waals surface area contributed by atoms with Crippen LogP contribution in [0.1, 0.15) is 41.5 Å². The molecule has 3 aromatic rings. The average Bonchev–Trinajstić information content (AvgIpc) is 3.27. The Labute approximate surface area is 181 Å². The number of anilines is 1. The predicted octanol–water partition coefficient (Wildman–Crippen LogP) is 2.67. The van der Waals surface area contributed by atoms with Crippen LogP contribution in [0.25, 0.3) is 11.3 Å². The molecule has 164 valence electrons. The van der Waals surface area contributed by atoms with E-state index in [2.05, 4.69) is 25.6 Å². The maximum Gasteiger partial charge on any atom is 0.268 e. The van der Waals surface area contributed by atoms with Crippen molar-refractivity contribution < 1.29 is 15.0 Å². The number of carbonyl (C=O) groups is 1. The summed E-state index contributed by atoms with van der Waals surface area (Å²) in [5.74, 6) is 0.314. The topological polar surface area (TPSA) is 123 Å². The molecule has 3 rings (SSSR count). The van der Waals surface area contributed by atoms with Gasteiger partial charge in [0.05, 0.1) is 31.0 Å². The number of aliphatic hydroxyl groups is 2. The summed E-state index contributed by atoms with van der Waals surface area (Å²) in [6.07, 6.45) is 3.43. The monoisotopic (exact) mass is 423 g/mol. The van der Waals surface area contributed by atoms with Gasteiger partial charge in [0, 0.05) is 18.0 Å². The fourth-order valence-corrected chi connectivity index (χ4v) is 3.21. The number of nitrogens with zero attached hydrogens (tertiary/aromatic N) is 2. The van der Waals surface area contributed by atoms with E-state index in [0.29, 0.717) is 17.3 Å². The van der Waals surface area contributed by atoms with Crippen molar-refractivity contribution in [1.29, 1.82) is 0 Å². The molecule has 0 saturated carbocycles. The molecule has 2 atom stereocenters. The van der Waals surface area contributed by atoms with Gasteiger partial charge in [-0.2, -0.15) is 0 Å². The fraction of sp³-hybridized carbons (Fsp3) is 0.348. The first-order valence-corrected chi connectivity index (χ1v) is 10.3. The fourth-order valence-electron chi connectivity index (χ4n) is 3.21. The molecule has 1 aromatic carbocycles. The molecule has 0 fully saturated rings. The summed E-state index contributed by atoms with van der Waals surface area (Å²) in [6, 6.07) is 10.4. The number of nitrogens with one attached hydrogen (secondary N) is 3. The van der Waals surface area contributed by atoms with E-state index in [-0.39, 0.29) is 31.1 Å². The molecular formula is C23H29N5O3. The zero-order valence-electron chi connectivity index (χ0n) is 18.0. The molecule has 8 nitrogen and oxygen atoms in total. The summed E-state index contributed by atoms with van der Waals surface area (Å²) >= 11 is 0. The minimum absolute atomic E-state index is 0.0217. The zero-order chi connectivity index (χ0) is 22.4. The molecule has 0 aliphatic heterocycles. The molecule has 0 aliphatic rings. The molecule has 1 amide bonds. The van der Waals surface area contributed by atoms with E-state index < -0.39 is 6.04 Å². The van der Waals surface area contributed by atoms with Gasteiger partial charge < -0.3 is 25.8 Å². The van der Waals surface area contributed by atoms with Gasteiger partial charge in [-0.1, -0.05) is 44.2 Å². The molecule has 0 bridgehead atoms. The maximum atomic E-state index is 12.7. The second-order valence-electron chi connectivity index (χ2n) is 7.82. The van der Waals surface area contributed by atoms with E-state index in [1.165, 1.54) is 0 Å². The van der Waals surface area contributed by atoms with Crippen LogP contribution in [0.4, 0.5) is 5.95 Å². The number of H-pyrrole nitrogens is 1. The smallest absolute Gasteiger partial charge is 0.268 e. The summed E-state index contributed by atoms with van der Waals surface area (Å²) in [4.78, 5) is 24.6. The lowest BCUT2D eigenvalue weighted by Gasteiger charge is -2.20. The van der Waals surface area contributed by atoms with E-state index in [9.17, 15) is 15.0 Å². The predicted molar refractivity (Wildman–Crippen MR) is 120 cm³/mol. The molecule has 0 radical (unpaired) electrons. The lowest BCUT2D eigenvalue weighted by Crippen LogP contribution is -2.30. The molecule has 2 unspecified atom stereocenters. The number of carbonyl (C=O) groups excluding carboxylic acids is 1. The van der Waals surface area contributed by atoms with Crippen LogP contribution in [-0.4, -0.2) is 50.3 Å². The van der Waals surface area contributed by atoms with Crippen molar-refractivity contribution >= 4 is 11.9 Å². The van der Waals surface area contributed by atoms with Gasteiger partial charge in [0.25, 0.3) is 5.91 Å². The molecule has 31 heavy (non-hydrogen) atoms. The number of benzene rings is 1. The minimum atomic E-state index is -0.497. The highest BCUT2D eigenvalue weighted by atomic mass is 16.3. The molecule has 8 heteroatoms. The number of aromatic nitrogens is 3. The summed E-state index contributed by atoms with van der Waals surface area (Å²) in [5, 5.41) is 25.2. The Bertz CT molecular complexity index is 1000. The van der Waals surface area contributed by atoms with Gasteiger partial charge in [-0.25, -0.2) is 9.97 Å². The largest absolute Gasteiger partial charge is 0.394 e. The third-order valence-corrected chi connectivity index (χ3v) is 5.18. The van der Waals surface area contributed by atoms with Crippen molar-refractivity contribution in [3.63, 3.8) is 0 Å². The summed E-state index contributed by atoms with van der Waals surface area (Å²) in [7, 11) is 0. The van der Waals surface area contributed by atoms with Crippen LogP contribution in [0.5, 0.6) is 0 Å². The zero-order valence-corrected chi connectivity index (χ0v) is 18.0. The number of amides is 1. The highest BCUT2D eigenvalue weighted by molar-refractivity contribution is 5.94. The van der Waals surface area contributed by atoms with Crippen molar-refractivity contribution in [2.24, 2.45) is 5.92 Å². The molecule has 2 heterocycles. The van der Waals surface area contributed by atoms with Crippen molar-refractivity contribution in [3.05, 3.63) is 65.6 Å². The molecule has 0 spiro atoms. The Hall–Kier alpha value is -3.23. The minimum Gasteiger partial charge on any atom is -0.394 e. The SMILES string of the molecule is Cc1cnc(NC(CO)C(C)C)nc1-c1c[nH]c(C(=O)NC(CO)c2ccccc2)c1. The highest BCUT2D eigenvalue weighted by Crippen LogP contribution is 2.24. The van der Waals surface area contributed by atoms with E-state index in [4.69, 9.17) is 0 Å². The Balaban J connectivity index is 1.78. The van der Waals surface area contributed by atoms with Crippen LogP contribution in [0.15, 0.2) is 48.8 Å². The van der Waals surface area contributed by atoms with Gasteiger partial charge in [0.15, 0.2) is 0 Å². The normalized spacial score (nSPS) is 13.1. The quantitative estimate of drug-likeness (QED) is 0.361. The van der Waals surface area contributed by atoms with Crippen molar-refractivity contribution in [2.45, 2.75) is 32.9 Å². The third kappa shape index (κ3) is 5.48. The first kappa shape index (κ1) is 22.5. The van der Waals surface area contributed by atoms with E-state index in [1.54, 1.807) is 18.5 Å². The Morgan fingerprint density at radius 3 is 2.55 bits per heavy atom.